The van der Waals surface area contributed by atoms with Gasteiger partial charge in [-0.2, -0.15) is 0 Å². The topological polar surface area (TPSA) is 42.8 Å². The molecule has 1 atom stereocenters. The Balaban J connectivity index is 2.01. The molecule has 0 saturated carbocycles. The van der Waals surface area contributed by atoms with Crippen molar-refractivity contribution in [3.63, 3.8) is 0 Å². The molecule has 0 amide bonds. The number of aliphatic imine (C=N–C) groups is 1. The van der Waals surface area contributed by atoms with Gasteiger partial charge in [0, 0.05) is 6.54 Å². The summed E-state index contributed by atoms with van der Waals surface area (Å²) in [6, 6.07) is -1.08. The molecule has 2 heterocycles. The average molecular weight is 208 g/mol. The molecular weight excluding hydrogens is 192 g/mol. The Morgan fingerprint density at radius 3 is 3.07 bits per heavy atom. The molecule has 0 spiro atoms. The van der Waals surface area contributed by atoms with Crippen LogP contribution in [0.25, 0.3) is 0 Å². The van der Waals surface area contributed by atoms with Crippen LogP contribution in [0.2, 0.25) is 0 Å². The number of rotatable bonds is 1. The first-order valence-corrected chi connectivity index (χ1v) is 4.77. The van der Waals surface area contributed by atoms with E-state index in [1.807, 2.05) is 0 Å². The molecule has 0 aromatic heterocycles. The molecule has 2 aliphatic rings. The van der Waals surface area contributed by atoms with Crippen LogP contribution in [0.1, 0.15) is 5.48 Å². The van der Waals surface area contributed by atoms with Gasteiger partial charge in [0.15, 0.2) is 17.6 Å². The molecule has 4 heteroatoms. The number of nitrogens with zero attached hydrogens (tertiary/aromatic N) is 1. The van der Waals surface area contributed by atoms with Crippen LogP contribution < -0.4 is 14.8 Å². The maximum atomic E-state index is 7.82. The molecule has 3 rings (SSSR count). The largest absolute Gasteiger partial charge is 0.485 e. The van der Waals surface area contributed by atoms with Gasteiger partial charge in [-0.25, -0.2) is 0 Å². The first-order chi connectivity index (χ1) is 9.09. The molecule has 15 heavy (non-hydrogen) atoms. The van der Waals surface area contributed by atoms with Crippen LogP contribution in [0.5, 0.6) is 11.5 Å². The van der Waals surface area contributed by atoms with Gasteiger partial charge in [0.05, 0.1) is 12.0 Å². The second-order valence-electron chi connectivity index (χ2n) is 3.27. The van der Waals surface area contributed by atoms with Crippen molar-refractivity contribution in [2.45, 2.75) is 6.10 Å². The molecule has 0 fully saturated rings. The van der Waals surface area contributed by atoms with Crippen molar-refractivity contribution in [2.75, 3.05) is 19.7 Å². The summed E-state index contributed by atoms with van der Waals surface area (Å²) in [7, 11) is 0. The number of nitrogens with one attached hydrogen (secondary N) is 1. The molecule has 4 nitrogen and oxygen atoms in total. The monoisotopic (exact) mass is 208 g/mol. The van der Waals surface area contributed by atoms with Crippen LogP contribution in [0.3, 0.4) is 0 Å². The van der Waals surface area contributed by atoms with Crippen molar-refractivity contribution in [1.82, 2.24) is 5.32 Å². The quantitative estimate of drug-likeness (QED) is 0.743. The highest BCUT2D eigenvalue weighted by Gasteiger charge is 2.26. The fourth-order valence-corrected chi connectivity index (χ4v) is 1.58. The Labute approximate surface area is 93.5 Å². The molecule has 2 aliphatic heterocycles. The van der Waals surface area contributed by atoms with Crippen molar-refractivity contribution < 1.29 is 15.0 Å². The summed E-state index contributed by atoms with van der Waals surface area (Å²) < 4.78 is 41.8. The van der Waals surface area contributed by atoms with Crippen LogP contribution in [0.15, 0.2) is 29.2 Å². The third-order valence-corrected chi connectivity index (χ3v) is 2.26. The number of para-hydroxylation sites is 2. The molecule has 0 radical (unpaired) electrons. The molecule has 0 aliphatic carbocycles. The SMILES string of the molecule is [2H]c1c([2H])c([2H])c2c(c1[2H])OC[C@H](C1=NCCN1)O2. The summed E-state index contributed by atoms with van der Waals surface area (Å²) in [6.45, 7) is 1.60. The van der Waals surface area contributed by atoms with Crippen LogP contribution >= 0.6 is 0 Å². The third kappa shape index (κ3) is 1.52. The molecule has 1 aromatic carbocycles. The van der Waals surface area contributed by atoms with Gasteiger partial charge in [-0.05, 0) is 12.1 Å². The molecule has 0 unspecified atom stereocenters. The van der Waals surface area contributed by atoms with E-state index in [4.69, 9.17) is 15.0 Å². The number of fused-ring (bicyclic) bond motifs is 1. The van der Waals surface area contributed by atoms with Crippen molar-refractivity contribution in [1.29, 1.82) is 0 Å². The molecule has 0 saturated heterocycles. The lowest BCUT2D eigenvalue weighted by Crippen LogP contribution is -2.42. The highest BCUT2D eigenvalue weighted by molar-refractivity contribution is 5.88. The van der Waals surface area contributed by atoms with Crippen molar-refractivity contribution in [3.8, 4) is 11.5 Å². The van der Waals surface area contributed by atoms with Crippen molar-refractivity contribution in [3.05, 3.63) is 24.2 Å². The summed E-state index contributed by atoms with van der Waals surface area (Å²) in [4.78, 5) is 4.23. The lowest BCUT2D eigenvalue weighted by Gasteiger charge is -2.26. The predicted octanol–water partition coefficient (Wildman–Crippen LogP) is 0.828. The minimum Gasteiger partial charge on any atom is -0.485 e. The smallest absolute Gasteiger partial charge is 0.189 e. The number of hydrogen-bond donors (Lipinski definition) is 1. The number of ether oxygens (including phenoxy) is 2. The number of benzene rings is 1. The number of amidine groups is 1. The van der Waals surface area contributed by atoms with Gasteiger partial charge in [0.2, 0.25) is 0 Å². The van der Waals surface area contributed by atoms with Crippen LogP contribution in [-0.2, 0) is 0 Å². The van der Waals surface area contributed by atoms with E-state index in [2.05, 4.69) is 10.3 Å². The molecule has 1 N–H and O–H groups in total. The first-order valence-electron chi connectivity index (χ1n) is 6.77. The zero-order valence-electron chi connectivity index (χ0n) is 12.0. The molecule has 78 valence electrons. The van der Waals surface area contributed by atoms with Crippen molar-refractivity contribution >= 4 is 5.84 Å². The van der Waals surface area contributed by atoms with E-state index in [0.29, 0.717) is 12.4 Å². The van der Waals surface area contributed by atoms with Crippen LogP contribution in [0.4, 0.5) is 0 Å². The third-order valence-electron chi connectivity index (χ3n) is 2.26. The Kier molecular flexibility index (Phi) is 1.24. The zero-order valence-corrected chi connectivity index (χ0v) is 7.96. The Hall–Kier alpha value is -1.71. The van der Waals surface area contributed by atoms with E-state index in [1.165, 1.54) is 0 Å². The van der Waals surface area contributed by atoms with Gasteiger partial charge in [-0.15, -0.1) is 0 Å². The van der Waals surface area contributed by atoms with Gasteiger partial charge in [0.25, 0.3) is 0 Å². The van der Waals surface area contributed by atoms with E-state index in [1.54, 1.807) is 0 Å². The standard InChI is InChI=1S/C11H12N2O2/c1-2-4-9-8(3-1)14-7-10(15-9)11-12-5-6-13-11/h1-4,10H,5-7H2,(H,12,13)/t10-/m1/s1/i1D,2D,3D,4D. The lowest BCUT2D eigenvalue weighted by molar-refractivity contribution is 0.133. The second-order valence-corrected chi connectivity index (χ2v) is 3.27. The minimum absolute atomic E-state index is 0.0543. The number of hydrogen-bond acceptors (Lipinski definition) is 4. The van der Waals surface area contributed by atoms with Gasteiger partial charge in [-0.1, -0.05) is 12.1 Å². The average Bonchev–Trinajstić information content (AvgIpc) is 2.96. The van der Waals surface area contributed by atoms with Crippen LogP contribution in [0, 0.1) is 0 Å². The molecular formula is C11H12N2O2. The Morgan fingerprint density at radius 2 is 2.27 bits per heavy atom. The maximum Gasteiger partial charge on any atom is 0.189 e. The van der Waals surface area contributed by atoms with E-state index in [-0.39, 0.29) is 42.3 Å². The van der Waals surface area contributed by atoms with Gasteiger partial charge in [-0.3, -0.25) is 4.99 Å². The van der Waals surface area contributed by atoms with Gasteiger partial charge >= 0.3 is 0 Å². The summed E-state index contributed by atoms with van der Waals surface area (Å²) in [5.41, 5.74) is 0. The Morgan fingerprint density at radius 1 is 1.40 bits per heavy atom. The van der Waals surface area contributed by atoms with E-state index >= 15 is 0 Å². The summed E-state index contributed by atoms with van der Waals surface area (Å²) in [6.07, 6.45) is -0.450. The van der Waals surface area contributed by atoms with Gasteiger partial charge in [0.1, 0.15) is 12.4 Å². The van der Waals surface area contributed by atoms with Crippen LogP contribution in [-0.4, -0.2) is 31.6 Å². The predicted molar refractivity (Wildman–Crippen MR) is 56.7 cm³/mol. The second kappa shape index (κ2) is 3.46. The van der Waals surface area contributed by atoms with E-state index < -0.39 is 6.10 Å². The first kappa shape index (κ1) is 5.39. The fourth-order valence-electron chi connectivity index (χ4n) is 1.58. The fraction of sp³-hybridized carbons (Fsp3) is 0.364. The summed E-state index contributed by atoms with van der Waals surface area (Å²) >= 11 is 0. The van der Waals surface area contributed by atoms with E-state index in [0.717, 1.165) is 6.54 Å². The van der Waals surface area contributed by atoms with Gasteiger partial charge < -0.3 is 14.8 Å². The normalized spacial score (nSPS) is 26.9. The zero-order chi connectivity index (χ0) is 13.6. The highest BCUT2D eigenvalue weighted by Crippen LogP contribution is 2.31. The summed E-state index contributed by atoms with van der Waals surface area (Å²) in [5, 5.41) is 3.07. The Bertz CT molecular complexity index is 577. The van der Waals surface area contributed by atoms with E-state index in [9.17, 15) is 0 Å². The highest BCUT2D eigenvalue weighted by atomic mass is 16.6. The van der Waals surface area contributed by atoms with Crippen molar-refractivity contribution in [2.24, 2.45) is 4.99 Å². The molecule has 1 aromatic rings. The summed E-state index contributed by atoms with van der Waals surface area (Å²) in [5.74, 6) is 0.789. The maximum absolute atomic E-state index is 7.82. The molecule has 0 bridgehead atoms. The minimum atomic E-state index is -0.450. The lowest BCUT2D eigenvalue weighted by atomic mass is 10.2.